The molecule has 0 aliphatic carbocycles. The Bertz CT molecular complexity index is 1380. The molecule has 0 spiro atoms. The van der Waals surface area contributed by atoms with Crippen molar-refractivity contribution in [3.63, 3.8) is 0 Å². The van der Waals surface area contributed by atoms with E-state index in [4.69, 9.17) is 25.6 Å². The Balaban J connectivity index is 1.43. The number of nitrogens with zero attached hydrogens (tertiary/aromatic N) is 1. The van der Waals surface area contributed by atoms with Crippen LogP contribution in [0.2, 0.25) is 5.02 Å². The van der Waals surface area contributed by atoms with Crippen molar-refractivity contribution in [3.8, 4) is 21.8 Å². The summed E-state index contributed by atoms with van der Waals surface area (Å²) in [7, 11) is -3.18. The van der Waals surface area contributed by atoms with Gasteiger partial charge in [-0.25, -0.2) is 4.98 Å². The van der Waals surface area contributed by atoms with Crippen LogP contribution in [0.1, 0.15) is 30.7 Å². The molecule has 0 unspecified atom stereocenters. The Morgan fingerprint density at radius 3 is 2.21 bits per heavy atom. The van der Waals surface area contributed by atoms with Gasteiger partial charge in [-0.2, -0.15) is 0 Å². The van der Waals surface area contributed by atoms with Crippen molar-refractivity contribution < 1.29 is 18.4 Å². The standard InChI is InChI=1S/C29H30ClN2O4PS/c1-3-35-37(34,36-4-2)20-21-10-16-25(17-11-21)31-27(33)19-18-26-28(22-12-14-24(30)15-13-22)32-29(38-26)23-8-6-5-7-9-23/h5-17H,3-4,18-20H2,1-2H3,(H,31,33). The van der Waals surface area contributed by atoms with Crippen LogP contribution in [-0.4, -0.2) is 24.1 Å². The third-order valence-electron chi connectivity index (χ3n) is 5.68. The number of halogens is 1. The molecule has 4 aromatic rings. The van der Waals surface area contributed by atoms with E-state index in [1.165, 1.54) is 0 Å². The SMILES string of the molecule is CCOP(=O)(Cc1ccc(NC(=O)CCc2sc(-c3ccccc3)nc2-c2ccc(Cl)cc2)cc1)OCC. The summed E-state index contributed by atoms with van der Waals surface area (Å²) in [5.41, 5.74) is 4.38. The number of rotatable bonds is 12. The van der Waals surface area contributed by atoms with Gasteiger partial charge in [-0.15, -0.1) is 11.3 Å². The van der Waals surface area contributed by atoms with Crippen LogP contribution < -0.4 is 5.32 Å². The Kier molecular flexibility index (Phi) is 9.89. The average Bonchev–Trinajstić information content (AvgIpc) is 3.34. The van der Waals surface area contributed by atoms with Crippen LogP contribution in [0.4, 0.5) is 5.69 Å². The van der Waals surface area contributed by atoms with Gasteiger partial charge in [0.05, 0.1) is 25.1 Å². The number of nitrogens with one attached hydrogen (secondary N) is 1. The minimum absolute atomic E-state index is 0.0937. The smallest absolute Gasteiger partial charge is 0.326 e. The van der Waals surface area contributed by atoms with E-state index in [1.54, 1.807) is 37.3 Å². The van der Waals surface area contributed by atoms with Gasteiger partial charge in [-0.3, -0.25) is 9.36 Å². The summed E-state index contributed by atoms with van der Waals surface area (Å²) in [6, 6.07) is 24.9. The zero-order valence-electron chi connectivity index (χ0n) is 21.4. The fraction of sp³-hybridized carbons (Fsp3) is 0.241. The second-order valence-electron chi connectivity index (χ2n) is 8.51. The maximum absolute atomic E-state index is 12.8. The molecule has 3 aromatic carbocycles. The summed E-state index contributed by atoms with van der Waals surface area (Å²) >= 11 is 7.69. The van der Waals surface area contributed by atoms with E-state index in [1.807, 2.05) is 66.7 Å². The third kappa shape index (κ3) is 7.62. The van der Waals surface area contributed by atoms with Crippen molar-refractivity contribution in [1.29, 1.82) is 0 Å². The number of hydrogen-bond acceptors (Lipinski definition) is 6. The van der Waals surface area contributed by atoms with Crippen LogP contribution >= 0.6 is 30.5 Å². The molecule has 0 aliphatic rings. The summed E-state index contributed by atoms with van der Waals surface area (Å²) in [6.07, 6.45) is 1.05. The van der Waals surface area contributed by atoms with Gasteiger partial charge >= 0.3 is 7.60 Å². The number of benzene rings is 3. The second kappa shape index (κ2) is 13.3. The maximum atomic E-state index is 12.8. The summed E-state index contributed by atoms with van der Waals surface area (Å²) in [5, 5.41) is 4.53. The molecule has 1 heterocycles. The highest BCUT2D eigenvalue weighted by molar-refractivity contribution is 7.53. The van der Waals surface area contributed by atoms with Gasteiger partial charge in [-0.1, -0.05) is 66.2 Å². The molecule has 0 saturated heterocycles. The summed E-state index contributed by atoms with van der Waals surface area (Å²) in [5.74, 6) is -0.0937. The van der Waals surface area contributed by atoms with E-state index in [2.05, 4.69) is 5.32 Å². The van der Waals surface area contributed by atoms with Gasteiger partial charge in [-0.05, 0) is 50.1 Å². The molecule has 0 saturated carbocycles. The van der Waals surface area contributed by atoms with Gasteiger partial charge in [0, 0.05) is 33.1 Å². The molecule has 1 N–H and O–H groups in total. The number of hydrogen-bond donors (Lipinski definition) is 1. The van der Waals surface area contributed by atoms with Gasteiger partial charge in [0.1, 0.15) is 5.01 Å². The molecule has 0 aliphatic heterocycles. The van der Waals surface area contributed by atoms with Gasteiger partial charge < -0.3 is 14.4 Å². The Morgan fingerprint density at radius 1 is 0.921 bits per heavy atom. The summed E-state index contributed by atoms with van der Waals surface area (Å²) in [4.78, 5) is 18.8. The Labute approximate surface area is 232 Å². The lowest BCUT2D eigenvalue weighted by Crippen LogP contribution is -2.12. The average molecular weight is 569 g/mol. The quantitative estimate of drug-likeness (QED) is 0.173. The topological polar surface area (TPSA) is 77.5 Å². The molecule has 0 radical (unpaired) electrons. The minimum atomic E-state index is -3.18. The van der Waals surface area contributed by atoms with E-state index >= 15 is 0 Å². The number of aryl methyl sites for hydroxylation is 1. The molecule has 198 valence electrons. The first-order valence-electron chi connectivity index (χ1n) is 12.5. The molecule has 1 amide bonds. The van der Waals surface area contributed by atoms with Gasteiger partial charge in [0.2, 0.25) is 5.91 Å². The van der Waals surface area contributed by atoms with Crippen LogP contribution in [0, 0.1) is 0 Å². The molecule has 0 fully saturated rings. The molecular weight excluding hydrogens is 539 g/mol. The zero-order valence-corrected chi connectivity index (χ0v) is 23.8. The lowest BCUT2D eigenvalue weighted by atomic mass is 10.1. The first-order chi connectivity index (χ1) is 18.4. The van der Waals surface area contributed by atoms with Crippen LogP contribution in [0.5, 0.6) is 0 Å². The number of carbonyl (C=O) groups excluding carboxylic acids is 1. The molecule has 6 nitrogen and oxygen atoms in total. The molecule has 0 bridgehead atoms. The van der Waals surface area contributed by atoms with E-state index < -0.39 is 7.60 Å². The van der Waals surface area contributed by atoms with Crippen molar-refractivity contribution in [1.82, 2.24) is 4.98 Å². The van der Waals surface area contributed by atoms with Crippen molar-refractivity contribution in [2.45, 2.75) is 32.9 Å². The summed E-state index contributed by atoms with van der Waals surface area (Å²) < 4.78 is 23.5. The molecular formula is C29H30ClN2O4PS. The predicted octanol–water partition coefficient (Wildman–Crippen LogP) is 8.47. The zero-order chi connectivity index (χ0) is 27.0. The van der Waals surface area contributed by atoms with Gasteiger partial charge in [0.15, 0.2) is 0 Å². The lowest BCUT2D eigenvalue weighted by molar-refractivity contribution is -0.116. The highest BCUT2D eigenvalue weighted by atomic mass is 35.5. The second-order valence-corrected chi connectivity index (χ2v) is 12.1. The van der Waals surface area contributed by atoms with E-state index in [9.17, 15) is 9.36 Å². The van der Waals surface area contributed by atoms with Crippen LogP contribution in [0.15, 0.2) is 78.9 Å². The minimum Gasteiger partial charge on any atom is -0.326 e. The highest BCUT2D eigenvalue weighted by Gasteiger charge is 2.24. The largest absolute Gasteiger partial charge is 0.335 e. The van der Waals surface area contributed by atoms with Crippen LogP contribution in [-0.2, 0) is 31.0 Å². The first-order valence-corrected chi connectivity index (χ1v) is 15.4. The monoisotopic (exact) mass is 568 g/mol. The number of amides is 1. The molecule has 0 atom stereocenters. The normalized spacial score (nSPS) is 11.4. The Morgan fingerprint density at radius 2 is 1.58 bits per heavy atom. The number of carbonyl (C=O) groups is 1. The van der Waals surface area contributed by atoms with Crippen molar-refractivity contribution >= 4 is 42.1 Å². The lowest BCUT2D eigenvalue weighted by Gasteiger charge is -2.17. The maximum Gasteiger partial charge on any atom is 0.335 e. The number of anilines is 1. The molecule has 4 rings (SSSR count). The van der Waals surface area contributed by atoms with Crippen molar-refractivity contribution in [2.24, 2.45) is 0 Å². The molecule has 38 heavy (non-hydrogen) atoms. The van der Waals surface area contributed by atoms with Crippen LogP contribution in [0.3, 0.4) is 0 Å². The van der Waals surface area contributed by atoms with Crippen molar-refractivity contribution in [2.75, 3.05) is 18.5 Å². The van der Waals surface area contributed by atoms with Gasteiger partial charge in [0.25, 0.3) is 0 Å². The van der Waals surface area contributed by atoms with Crippen LogP contribution in [0.25, 0.3) is 21.8 Å². The highest BCUT2D eigenvalue weighted by Crippen LogP contribution is 2.51. The van der Waals surface area contributed by atoms with E-state index in [-0.39, 0.29) is 12.1 Å². The predicted molar refractivity (Wildman–Crippen MR) is 156 cm³/mol. The Hall–Kier alpha value is -2.80. The molecule has 1 aromatic heterocycles. The first kappa shape index (κ1) is 28.2. The number of thiazole rings is 1. The van der Waals surface area contributed by atoms with E-state index in [0.29, 0.717) is 36.8 Å². The fourth-order valence-electron chi connectivity index (χ4n) is 3.95. The third-order valence-corrected chi connectivity index (χ3v) is 9.15. The number of aromatic nitrogens is 1. The van der Waals surface area contributed by atoms with Crippen molar-refractivity contribution in [3.05, 3.63) is 94.3 Å². The fourth-order valence-corrected chi connectivity index (χ4v) is 6.86. The molecule has 9 heteroatoms. The summed E-state index contributed by atoms with van der Waals surface area (Å²) in [6.45, 7) is 4.21. The van der Waals surface area contributed by atoms with E-state index in [0.717, 1.165) is 32.3 Å².